The fraction of sp³-hybridized carbons (Fsp3) is 0.524. The molecule has 30 heavy (non-hydrogen) atoms. The van der Waals surface area contributed by atoms with Crippen molar-refractivity contribution in [1.82, 2.24) is 19.5 Å². The van der Waals surface area contributed by atoms with Crippen LogP contribution in [0.15, 0.2) is 12.1 Å². The van der Waals surface area contributed by atoms with Gasteiger partial charge in [0, 0.05) is 5.56 Å². The van der Waals surface area contributed by atoms with E-state index in [9.17, 15) is 5.11 Å². The van der Waals surface area contributed by atoms with E-state index < -0.39 is 0 Å². The minimum Gasteiger partial charge on any atom is -0.493 e. The highest BCUT2D eigenvalue weighted by Gasteiger charge is 2.33. The Bertz CT molecular complexity index is 1020. The first-order valence-corrected chi connectivity index (χ1v) is 11.0. The van der Waals surface area contributed by atoms with E-state index in [0.717, 1.165) is 36.4 Å². The highest BCUT2D eigenvalue weighted by Crippen LogP contribution is 2.48. The second-order valence-corrected chi connectivity index (χ2v) is 8.43. The maximum Gasteiger partial charge on any atom is 0.230 e. The Balaban J connectivity index is 1.91. The maximum absolute atomic E-state index is 11.1. The lowest BCUT2D eigenvalue weighted by Gasteiger charge is -2.31. The largest absolute Gasteiger partial charge is 0.493 e. The van der Waals surface area contributed by atoms with Crippen molar-refractivity contribution in [3.8, 4) is 23.1 Å². The van der Waals surface area contributed by atoms with Crippen LogP contribution in [0.1, 0.15) is 48.0 Å². The number of thiazole rings is 1. The van der Waals surface area contributed by atoms with Crippen LogP contribution in [-0.4, -0.2) is 59.0 Å². The standard InChI is InChI=1S/C21H28N4O4S/c1-13-22-21-25(23-13)20(26)19(30-21)16(24-11-7-5-6-8-12-24)14-9-10-15(27-2)18(29-4)17(14)28-3/h9-10,16,26H,5-8,11-12H2,1-4H3. The van der Waals surface area contributed by atoms with Gasteiger partial charge in [0.15, 0.2) is 11.5 Å². The van der Waals surface area contributed by atoms with Gasteiger partial charge in [0.1, 0.15) is 5.82 Å². The van der Waals surface area contributed by atoms with Crippen LogP contribution in [0.4, 0.5) is 0 Å². The maximum atomic E-state index is 11.1. The molecule has 0 aliphatic carbocycles. The van der Waals surface area contributed by atoms with Gasteiger partial charge in [0.2, 0.25) is 16.6 Å². The van der Waals surface area contributed by atoms with Crippen molar-refractivity contribution in [2.75, 3.05) is 34.4 Å². The SMILES string of the molecule is COc1ccc(C(c2sc3nc(C)nn3c2O)N2CCCCCC2)c(OC)c1OC. The predicted octanol–water partition coefficient (Wildman–Crippen LogP) is 3.80. The summed E-state index contributed by atoms with van der Waals surface area (Å²) in [7, 11) is 4.85. The van der Waals surface area contributed by atoms with Crippen molar-refractivity contribution in [3.05, 3.63) is 28.4 Å². The predicted molar refractivity (Wildman–Crippen MR) is 115 cm³/mol. The molecule has 162 valence electrons. The second kappa shape index (κ2) is 8.69. The summed E-state index contributed by atoms with van der Waals surface area (Å²) in [6.07, 6.45) is 4.67. The summed E-state index contributed by atoms with van der Waals surface area (Å²) in [4.78, 5) is 8.35. The van der Waals surface area contributed by atoms with Crippen LogP contribution in [0.3, 0.4) is 0 Å². The zero-order valence-corrected chi connectivity index (χ0v) is 18.7. The van der Waals surface area contributed by atoms with E-state index in [-0.39, 0.29) is 11.9 Å². The average Bonchev–Trinajstić information content (AvgIpc) is 3.11. The topological polar surface area (TPSA) is 81.4 Å². The molecule has 1 unspecified atom stereocenters. The summed E-state index contributed by atoms with van der Waals surface area (Å²) in [5.41, 5.74) is 0.925. The third kappa shape index (κ3) is 3.56. The zero-order chi connectivity index (χ0) is 21.3. The molecule has 4 rings (SSSR count). The summed E-state index contributed by atoms with van der Waals surface area (Å²) in [5, 5.41) is 15.4. The Morgan fingerprint density at radius 1 is 1.00 bits per heavy atom. The van der Waals surface area contributed by atoms with Gasteiger partial charge in [-0.2, -0.15) is 4.52 Å². The molecule has 0 radical (unpaired) electrons. The van der Waals surface area contributed by atoms with Crippen LogP contribution < -0.4 is 14.2 Å². The molecule has 0 spiro atoms. The van der Waals surface area contributed by atoms with E-state index >= 15 is 0 Å². The number of aromatic hydroxyl groups is 1. The summed E-state index contributed by atoms with van der Waals surface area (Å²) >= 11 is 1.46. The van der Waals surface area contributed by atoms with Crippen LogP contribution in [0.25, 0.3) is 4.96 Å². The van der Waals surface area contributed by atoms with E-state index in [1.54, 1.807) is 21.3 Å². The Labute approximate surface area is 180 Å². The third-order valence-electron chi connectivity index (χ3n) is 5.59. The number of methoxy groups -OCH3 is 3. The normalized spacial score (nSPS) is 16.4. The fourth-order valence-electron chi connectivity index (χ4n) is 4.22. The van der Waals surface area contributed by atoms with Crippen LogP contribution in [-0.2, 0) is 0 Å². The highest BCUT2D eigenvalue weighted by atomic mass is 32.1. The first-order chi connectivity index (χ1) is 14.6. The number of likely N-dealkylation sites (tertiary alicyclic amines) is 1. The molecular weight excluding hydrogens is 404 g/mol. The van der Waals surface area contributed by atoms with Crippen molar-refractivity contribution in [1.29, 1.82) is 0 Å². The lowest BCUT2D eigenvalue weighted by Crippen LogP contribution is -2.30. The number of hydrogen-bond donors (Lipinski definition) is 1. The molecule has 2 aromatic heterocycles. The highest BCUT2D eigenvalue weighted by molar-refractivity contribution is 7.17. The minimum absolute atomic E-state index is 0.127. The van der Waals surface area contributed by atoms with E-state index in [2.05, 4.69) is 15.0 Å². The van der Waals surface area contributed by atoms with Gasteiger partial charge in [-0.05, 0) is 45.0 Å². The summed E-state index contributed by atoms with van der Waals surface area (Å²) in [5.74, 6) is 2.53. The van der Waals surface area contributed by atoms with Gasteiger partial charge >= 0.3 is 0 Å². The van der Waals surface area contributed by atoms with Gasteiger partial charge in [-0.1, -0.05) is 24.2 Å². The number of hydrogen-bond acceptors (Lipinski definition) is 8. The van der Waals surface area contributed by atoms with Crippen molar-refractivity contribution in [2.45, 2.75) is 38.6 Å². The molecule has 0 bridgehead atoms. The molecule has 1 atom stereocenters. The van der Waals surface area contributed by atoms with Crippen LogP contribution in [0, 0.1) is 6.92 Å². The molecule has 1 fully saturated rings. The van der Waals surface area contributed by atoms with E-state index in [0.29, 0.717) is 28.0 Å². The average molecular weight is 433 g/mol. The van der Waals surface area contributed by atoms with Gasteiger partial charge in [0.25, 0.3) is 0 Å². The fourth-order valence-corrected chi connectivity index (χ4v) is 5.38. The molecular formula is C21H28N4O4S. The van der Waals surface area contributed by atoms with E-state index in [4.69, 9.17) is 14.2 Å². The number of nitrogens with zero attached hydrogens (tertiary/aromatic N) is 4. The second-order valence-electron chi connectivity index (χ2n) is 7.42. The van der Waals surface area contributed by atoms with Gasteiger partial charge in [-0.25, -0.2) is 4.98 Å². The summed E-state index contributed by atoms with van der Waals surface area (Å²) in [6, 6.07) is 3.68. The molecule has 9 heteroatoms. The van der Waals surface area contributed by atoms with E-state index in [1.807, 2.05) is 19.1 Å². The molecule has 3 heterocycles. The van der Waals surface area contributed by atoms with Gasteiger partial charge in [0.05, 0.1) is 32.2 Å². The third-order valence-corrected chi connectivity index (χ3v) is 6.66. The minimum atomic E-state index is -0.202. The summed E-state index contributed by atoms with van der Waals surface area (Å²) < 4.78 is 18.4. The van der Waals surface area contributed by atoms with Gasteiger partial charge < -0.3 is 19.3 Å². The first kappa shape index (κ1) is 20.7. The number of rotatable bonds is 6. The Kier molecular flexibility index (Phi) is 6.01. The monoisotopic (exact) mass is 432 g/mol. The Morgan fingerprint density at radius 3 is 2.30 bits per heavy atom. The lowest BCUT2D eigenvalue weighted by molar-refractivity contribution is 0.226. The van der Waals surface area contributed by atoms with Crippen LogP contribution in [0.5, 0.6) is 23.1 Å². The van der Waals surface area contributed by atoms with Crippen molar-refractivity contribution >= 4 is 16.3 Å². The number of aromatic nitrogens is 3. The van der Waals surface area contributed by atoms with Gasteiger partial charge in [-0.3, -0.25) is 4.90 Å². The molecule has 1 aliphatic heterocycles. The van der Waals surface area contributed by atoms with Crippen LogP contribution >= 0.6 is 11.3 Å². The molecule has 3 aromatic rings. The van der Waals surface area contributed by atoms with Gasteiger partial charge in [-0.15, -0.1) is 5.10 Å². The number of benzene rings is 1. The van der Waals surface area contributed by atoms with Crippen LogP contribution in [0.2, 0.25) is 0 Å². The van der Waals surface area contributed by atoms with Crippen molar-refractivity contribution in [2.24, 2.45) is 0 Å². The van der Waals surface area contributed by atoms with Crippen molar-refractivity contribution in [3.63, 3.8) is 0 Å². The molecule has 1 aliphatic rings. The first-order valence-electron chi connectivity index (χ1n) is 10.2. The molecule has 0 saturated carbocycles. The molecule has 1 saturated heterocycles. The Hall–Kier alpha value is -2.52. The zero-order valence-electron chi connectivity index (χ0n) is 17.8. The Morgan fingerprint density at radius 2 is 1.70 bits per heavy atom. The number of ether oxygens (including phenoxy) is 3. The number of aryl methyl sites for hydroxylation is 1. The molecule has 1 N–H and O–H groups in total. The quantitative estimate of drug-likeness (QED) is 0.634. The molecule has 1 aromatic carbocycles. The summed E-state index contributed by atoms with van der Waals surface area (Å²) in [6.45, 7) is 3.70. The number of fused-ring (bicyclic) bond motifs is 1. The smallest absolute Gasteiger partial charge is 0.230 e. The molecule has 8 nitrogen and oxygen atoms in total. The molecule has 0 amide bonds. The lowest BCUT2D eigenvalue weighted by atomic mass is 10.0. The van der Waals surface area contributed by atoms with Crippen molar-refractivity contribution < 1.29 is 19.3 Å². The van der Waals surface area contributed by atoms with E-state index in [1.165, 1.54) is 28.7 Å².